The molecule has 0 radical (unpaired) electrons. The molecule has 0 unspecified atom stereocenters. The van der Waals surface area contributed by atoms with E-state index in [9.17, 15) is 17.2 Å². The van der Waals surface area contributed by atoms with E-state index in [0.29, 0.717) is 29.0 Å². The molecule has 4 rings (SSSR count). The van der Waals surface area contributed by atoms with E-state index < -0.39 is 21.7 Å². The number of hydrogen-bond donors (Lipinski definition) is 1. The zero-order valence-corrected chi connectivity index (χ0v) is 18.7. The third kappa shape index (κ3) is 4.50. The predicted molar refractivity (Wildman–Crippen MR) is 121 cm³/mol. The third-order valence-corrected chi connectivity index (χ3v) is 6.74. The van der Waals surface area contributed by atoms with Crippen molar-refractivity contribution in [1.29, 1.82) is 0 Å². The second kappa shape index (κ2) is 9.13. The first-order valence-corrected chi connectivity index (χ1v) is 11.4. The summed E-state index contributed by atoms with van der Waals surface area (Å²) < 4.78 is 62.5. The van der Waals surface area contributed by atoms with Gasteiger partial charge in [0, 0.05) is 30.1 Å². The molecule has 0 bridgehead atoms. The van der Waals surface area contributed by atoms with Gasteiger partial charge in [-0.3, -0.25) is 4.98 Å². The van der Waals surface area contributed by atoms with Crippen LogP contribution in [-0.4, -0.2) is 31.5 Å². The van der Waals surface area contributed by atoms with Crippen LogP contribution in [0.4, 0.5) is 8.78 Å². The van der Waals surface area contributed by atoms with Crippen LogP contribution in [0.1, 0.15) is 5.56 Å². The molecule has 0 aliphatic carbocycles. The van der Waals surface area contributed by atoms with Crippen LogP contribution in [0, 0.1) is 11.6 Å². The fourth-order valence-corrected chi connectivity index (χ4v) is 4.99. The smallest absolute Gasteiger partial charge is 0.268 e. The summed E-state index contributed by atoms with van der Waals surface area (Å²) in [6.07, 6.45) is 4.38. The number of halogens is 2. The van der Waals surface area contributed by atoms with Crippen LogP contribution in [-0.2, 0) is 16.6 Å². The van der Waals surface area contributed by atoms with Gasteiger partial charge in [-0.05, 0) is 60.6 Å². The molecule has 0 amide bonds. The molecule has 6 nitrogen and oxygen atoms in total. The number of hydrogen-bond acceptors (Lipinski definition) is 5. The summed E-state index contributed by atoms with van der Waals surface area (Å²) in [6.45, 7) is 0.369. The number of methoxy groups -OCH3 is 1. The normalized spacial score (nSPS) is 11.5. The average molecular weight is 470 g/mol. The topological polar surface area (TPSA) is 73.2 Å². The molecule has 0 aliphatic rings. The molecule has 1 N–H and O–H groups in total. The van der Waals surface area contributed by atoms with Gasteiger partial charge in [0.15, 0.2) is 0 Å². The van der Waals surface area contributed by atoms with Gasteiger partial charge >= 0.3 is 0 Å². The number of aromatic nitrogens is 2. The summed E-state index contributed by atoms with van der Waals surface area (Å²) in [7, 11) is -1.08. The third-order valence-electron chi connectivity index (χ3n) is 5.08. The fraction of sp³-hybridized carbons (Fsp3) is 0.125. The van der Waals surface area contributed by atoms with Gasteiger partial charge in [-0.25, -0.2) is 21.2 Å². The highest BCUT2D eigenvalue weighted by Gasteiger charge is 2.24. The number of ether oxygens (including phenoxy) is 1. The SMILES string of the molecule is CNCc1cc(-c2ccccc2F)n(S(=O)(=O)c2cc(F)cc(-c3cncc(OC)c3)c2)c1. The second-order valence-corrected chi connectivity index (χ2v) is 9.15. The lowest BCUT2D eigenvalue weighted by Crippen LogP contribution is -2.14. The highest BCUT2D eigenvalue weighted by Crippen LogP contribution is 2.31. The molecule has 33 heavy (non-hydrogen) atoms. The quantitative estimate of drug-likeness (QED) is 0.433. The van der Waals surface area contributed by atoms with E-state index in [1.807, 2.05) is 0 Å². The van der Waals surface area contributed by atoms with Crippen LogP contribution in [0.5, 0.6) is 5.75 Å². The Hall–Kier alpha value is -3.56. The van der Waals surface area contributed by atoms with Crippen LogP contribution in [0.25, 0.3) is 22.4 Å². The second-order valence-electron chi connectivity index (χ2n) is 7.33. The number of nitrogens with one attached hydrogen (secondary N) is 1. The monoisotopic (exact) mass is 469 g/mol. The van der Waals surface area contributed by atoms with E-state index in [4.69, 9.17) is 4.74 Å². The lowest BCUT2D eigenvalue weighted by Gasteiger charge is -2.13. The Kier molecular flexibility index (Phi) is 6.26. The number of pyridine rings is 1. The van der Waals surface area contributed by atoms with Gasteiger partial charge < -0.3 is 10.1 Å². The van der Waals surface area contributed by atoms with Crippen molar-refractivity contribution in [2.24, 2.45) is 0 Å². The predicted octanol–water partition coefficient (Wildman–Crippen LogP) is 4.46. The summed E-state index contributed by atoms with van der Waals surface area (Å²) in [5, 5.41) is 2.95. The minimum atomic E-state index is -4.27. The Labute approximate surface area is 190 Å². The molecule has 0 saturated heterocycles. The molecule has 0 spiro atoms. The molecule has 0 fully saturated rings. The van der Waals surface area contributed by atoms with Crippen molar-refractivity contribution in [3.63, 3.8) is 0 Å². The van der Waals surface area contributed by atoms with Crippen molar-refractivity contribution < 1.29 is 21.9 Å². The first-order chi connectivity index (χ1) is 15.8. The zero-order valence-electron chi connectivity index (χ0n) is 17.9. The Morgan fingerprint density at radius 1 is 1.03 bits per heavy atom. The first kappa shape index (κ1) is 22.6. The maximum Gasteiger partial charge on any atom is 0.268 e. The minimum Gasteiger partial charge on any atom is -0.495 e. The van der Waals surface area contributed by atoms with Gasteiger partial charge in [0.1, 0.15) is 17.4 Å². The molecule has 2 aromatic carbocycles. The summed E-state index contributed by atoms with van der Waals surface area (Å²) in [4.78, 5) is 3.77. The molecular weight excluding hydrogens is 448 g/mol. The lowest BCUT2D eigenvalue weighted by atomic mass is 10.1. The molecule has 170 valence electrons. The van der Waals surface area contributed by atoms with E-state index in [-0.39, 0.29) is 16.2 Å². The van der Waals surface area contributed by atoms with Crippen molar-refractivity contribution in [2.75, 3.05) is 14.2 Å². The van der Waals surface area contributed by atoms with E-state index in [1.165, 1.54) is 56.0 Å². The van der Waals surface area contributed by atoms with E-state index in [1.54, 1.807) is 25.2 Å². The zero-order chi connectivity index (χ0) is 23.6. The molecular formula is C24H21F2N3O3S. The highest BCUT2D eigenvalue weighted by molar-refractivity contribution is 7.90. The van der Waals surface area contributed by atoms with Gasteiger partial charge in [0.25, 0.3) is 10.0 Å². The molecule has 0 aliphatic heterocycles. The van der Waals surface area contributed by atoms with Gasteiger partial charge in [-0.1, -0.05) is 12.1 Å². The maximum atomic E-state index is 14.6. The van der Waals surface area contributed by atoms with Gasteiger partial charge in [0.05, 0.1) is 23.9 Å². The molecule has 2 aromatic heterocycles. The van der Waals surface area contributed by atoms with Crippen LogP contribution >= 0.6 is 0 Å². The van der Waals surface area contributed by atoms with Crippen molar-refractivity contribution in [2.45, 2.75) is 11.4 Å². The van der Waals surface area contributed by atoms with E-state index >= 15 is 0 Å². The van der Waals surface area contributed by atoms with E-state index in [0.717, 1.165) is 10.0 Å². The molecule has 4 aromatic rings. The minimum absolute atomic E-state index is 0.122. The highest BCUT2D eigenvalue weighted by atomic mass is 32.2. The van der Waals surface area contributed by atoms with Crippen LogP contribution in [0.2, 0.25) is 0 Å². The summed E-state index contributed by atoms with van der Waals surface area (Å²) >= 11 is 0. The van der Waals surface area contributed by atoms with Gasteiger partial charge in [-0.15, -0.1) is 0 Å². The summed E-state index contributed by atoms with van der Waals surface area (Å²) in [5.41, 5.74) is 1.70. The lowest BCUT2D eigenvalue weighted by molar-refractivity contribution is 0.413. The molecule has 0 atom stereocenters. The Morgan fingerprint density at radius 2 is 1.82 bits per heavy atom. The van der Waals surface area contributed by atoms with Crippen LogP contribution in [0.15, 0.2) is 78.1 Å². The van der Waals surface area contributed by atoms with Crippen LogP contribution < -0.4 is 10.1 Å². The van der Waals surface area contributed by atoms with Gasteiger partial charge in [0.2, 0.25) is 0 Å². The van der Waals surface area contributed by atoms with Crippen molar-refractivity contribution in [3.8, 4) is 28.1 Å². The van der Waals surface area contributed by atoms with Crippen molar-refractivity contribution >= 4 is 10.0 Å². The van der Waals surface area contributed by atoms with Gasteiger partial charge in [-0.2, -0.15) is 0 Å². The van der Waals surface area contributed by atoms with Crippen molar-refractivity contribution in [3.05, 3.63) is 90.4 Å². The Balaban J connectivity index is 1.89. The number of benzene rings is 2. The molecule has 0 saturated carbocycles. The van der Waals surface area contributed by atoms with E-state index in [2.05, 4.69) is 10.3 Å². The van der Waals surface area contributed by atoms with Crippen LogP contribution in [0.3, 0.4) is 0 Å². The Bertz CT molecular complexity index is 1420. The molecule has 2 heterocycles. The van der Waals surface area contributed by atoms with Crippen molar-refractivity contribution in [1.82, 2.24) is 14.3 Å². The Morgan fingerprint density at radius 3 is 2.55 bits per heavy atom. The summed E-state index contributed by atoms with van der Waals surface area (Å²) in [6, 6.07) is 12.6. The average Bonchev–Trinajstić information content (AvgIpc) is 3.24. The molecule has 9 heteroatoms. The fourth-order valence-electron chi connectivity index (χ4n) is 3.54. The number of nitrogens with zero attached hydrogens (tertiary/aromatic N) is 2. The largest absolute Gasteiger partial charge is 0.495 e. The summed E-state index contributed by atoms with van der Waals surface area (Å²) in [5.74, 6) is -0.848. The number of rotatable bonds is 7. The standard InChI is InChI=1S/C24H21F2N3O3S/c1-27-12-16-7-24(22-5-3-4-6-23(22)26)29(15-16)33(30,31)21-10-17(8-19(25)11-21)18-9-20(32-2)14-28-13-18/h3-11,13-15,27H,12H2,1-2H3. The maximum absolute atomic E-state index is 14.6. The first-order valence-electron chi connectivity index (χ1n) is 10.00.